The van der Waals surface area contributed by atoms with E-state index in [4.69, 9.17) is 0 Å². The van der Waals surface area contributed by atoms with E-state index in [0.717, 1.165) is 0 Å². The average molecular weight is 260 g/mol. The Bertz CT molecular complexity index is 458. The van der Waals surface area contributed by atoms with Crippen LogP contribution in [0.3, 0.4) is 0 Å². The maximum atomic E-state index is 12.8. The van der Waals surface area contributed by atoms with E-state index < -0.39 is 40.4 Å². The predicted octanol–water partition coefficient (Wildman–Crippen LogP) is 3.09. The zero-order valence-electron chi connectivity index (χ0n) is 7.63. The molecule has 0 unspecified atom stereocenters. The molecular weight excluding hydrogens is 258 g/mol. The standard InChI is InChI=1S/C7H2F6N2O2/c8-3-1-2(5(9)10)4(7(11,12)13)14-6(3)15(16)17/h1,5H. The number of pyridine rings is 1. The number of aromatic nitrogens is 1. The molecule has 0 aliphatic heterocycles. The second-order valence-electron chi connectivity index (χ2n) is 2.79. The Hall–Kier alpha value is -1.87. The maximum Gasteiger partial charge on any atom is 0.458 e. The lowest BCUT2D eigenvalue weighted by Crippen LogP contribution is -2.14. The van der Waals surface area contributed by atoms with Gasteiger partial charge in [-0.3, -0.25) is 0 Å². The van der Waals surface area contributed by atoms with E-state index in [9.17, 15) is 36.5 Å². The molecule has 1 aromatic heterocycles. The van der Waals surface area contributed by atoms with Gasteiger partial charge in [-0.05, 0) is 16.0 Å². The van der Waals surface area contributed by atoms with Crippen molar-refractivity contribution in [1.82, 2.24) is 4.98 Å². The van der Waals surface area contributed by atoms with Gasteiger partial charge < -0.3 is 10.1 Å². The van der Waals surface area contributed by atoms with Gasteiger partial charge in [0.05, 0.1) is 5.56 Å². The smallest absolute Gasteiger partial charge is 0.358 e. The van der Waals surface area contributed by atoms with Gasteiger partial charge in [0.15, 0.2) is 0 Å². The van der Waals surface area contributed by atoms with Crippen LogP contribution in [0.25, 0.3) is 0 Å². The van der Waals surface area contributed by atoms with Gasteiger partial charge in [0.25, 0.3) is 12.1 Å². The first-order valence-electron chi connectivity index (χ1n) is 3.84. The summed E-state index contributed by atoms with van der Waals surface area (Å²) >= 11 is 0. The van der Waals surface area contributed by atoms with Gasteiger partial charge >= 0.3 is 12.0 Å². The molecule has 0 N–H and O–H groups in total. The van der Waals surface area contributed by atoms with Crippen LogP contribution in [0.4, 0.5) is 32.2 Å². The number of nitrogens with zero attached hydrogens (tertiary/aromatic N) is 2. The average Bonchev–Trinajstić information content (AvgIpc) is 2.14. The van der Waals surface area contributed by atoms with Crippen molar-refractivity contribution < 1.29 is 31.3 Å². The zero-order chi connectivity index (χ0) is 13.4. The number of nitro groups is 1. The van der Waals surface area contributed by atoms with Gasteiger partial charge in [-0.1, -0.05) is 0 Å². The van der Waals surface area contributed by atoms with Crippen LogP contribution in [0.1, 0.15) is 17.7 Å². The Balaban J connectivity index is 3.54. The second-order valence-corrected chi connectivity index (χ2v) is 2.79. The third kappa shape index (κ3) is 2.63. The molecule has 1 rings (SSSR count). The van der Waals surface area contributed by atoms with Crippen molar-refractivity contribution in [2.75, 3.05) is 0 Å². The molecule has 0 aliphatic carbocycles. The van der Waals surface area contributed by atoms with Crippen LogP contribution < -0.4 is 0 Å². The molecule has 1 heterocycles. The van der Waals surface area contributed by atoms with E-state index in [0.29, 0.717) is 0 Å². The Morgan fingerprint density at radius 2 is 1.88 bits per heavy atom. The summed E-state index contributed by atoms with van der Waals surface area (Å²) in [5.74, 6) is -3.60. The van der Waals surface area contributed by atoms with E-state index in [1.807, 2.05) is 0 Å². The van der Waals surface area contributed by atoms with Gasteiger partial charge in [-0.2, -0.15) is 17.6 Å². The normalized spacial score (nSPS) is 11.9. The van der Waals surface area contributed by atoms with Crippen molar-refractivity contribution in [3.63, 3.8) is 0 Å². The summed E-state index contributed by atoms with van der Waals surface area (Å²) in [6, 6.07) is -0.237. The van der Waals surface area contributed by atoms with E-state index in [1.165, 1.54) is 0 Å². The molecule has 0 radical (unpaired) electrons. The molecule has 10 heteroatoms. The fourth-order valence-corrected chi connectivity index (χ4v) is 1.01. The summed E-state index contributed by atoms with van der Waals surface area (Å²) in [6.45, 7) is 0. The lowest BCUT2D eigenvalue weighted by atomic mass is 10.2. The Kier molecular flexibility index (Phi) is 3.25. The Morgan fingerprint density at radius 3 is 2.24 bits per heavy atom. The molecule has 0 saturated carbocycles. The van der Waals surface area contributed by atoms with Gasteiger partial charge in [-0.15, -0.1) is 0 Å². The number of hydrogen-bond donors (Lipinski definition) is 0. The predicted molar refractivity (Wildman–Crippen MR) is 40.8 cm³/mol. The van der Waals surface area contributed by atoms with Crippen molar-refractivity contribution in [3.05, 3.63) is 33.3 Å². The summed E-state index contributed by atoms with van der Waals surface area (Å²) in [5.41, 5.74) is -3.90. The molecule has 0 amide bonds. The van der Waals surface area contributed by atoms with Crippen molar-refractivity contribution in [2.24, 2.45) is 0 Å². The molecule has 0 atom stereocenters. The lowest BCUT2D eigenvalue weighted by molar-refractivity contribution is -0.392. The molecule has 0 aromatic carbocycles. The first-order valence-corrected chi connectivity index (χ1v) is 3.84. The Labute approximate surface area is 89.0 Å². The SMILES string of the molecule is O=[N+]([O-])c1nc(C(F)(F)F)c(C(F)F)cc1F. The van der Waals surface area contributed by atoms with E-state index >= 15 is 0 Å². The third-order valence-corrected chi connectivity index (χ3v) is 1.66. The number of hydrogen-bond acceptors (Lipinski definition) is 3. The monoisotopic (exact) mass is 260 g/mol. The van der Waals surface area contributed by atoms with Crippen LogP contribution >= 0.6 is 0 Å². The molecule has 0 spiro atoms. The molecule has 94 valence electrons. The summed E-state index contributed by atoms with van der Waals surface area (Å²) < 4.78 is 73.9. The summed E-state index contributed by atoms with van der Waals surface area (Å²) in [5, 5.41) is 10.1. The molecule has 0 saturated heterocycles. The largest absolute Gasteiger partial charge is 0.458 e. The highest BCUT2D eigenvalue weighted by atomic mass is 19.4. The van der Waals surface area contributed by atoms with Gasteiger partial charge in [0.1, 0.15) is 0 Å². The molecule has 1 aromatic rings. The van der Waals surface area contributed by atoms with Crippen LogP contribution in [0.15, 0.2) is 6.07 Å². The van der Waals surface area contributed by atoms with Gasteiger partial charge in [0.2, 0.25) is 5.82 Å². The van der Waals surface area contributed by atoms with Gasteiger partial charge in [0, 0.05) is 0 Å². The topological polar surface area (TPSA) is 56.0 Å². The van der Waals surface area contributed by atoms with E-state index in [2.05, 4.69) is 4.98 Å². The number of rotatable bonds is 2. The maximum absolute atomic E-state index is 12.8. The first kappa shape index (κ1) is 13.2. The van der Waals surface area contributed by atoms with Crippen molar-refractivity contribution >= 4 is 5.82 Å². The minimum atomic E-state index is -5.33. The van der Waals surface area contributed by atoms with Crippen LogP contribution in [-0.4, -0.2) is 9.91 Å². The zero-order valence-corrected chi connectivity index (χ0v) is 7.63. The minimum absolute atomic E-state index is 0.237. The van der Waals surface area contributed by atoms with Crippen molar-refractivity contribution in [1.29, 1.82) is 0 Å². The molecule has 17 heavy (non-hydrogen) atoms. The van der Waals surface area contributed by atoms with Gasteiger partial charge in [-0.25, -0.2) is 8.78 Å². The quantitative estimate of drug-likeness (QED) is 0.466. The first-order chi connectivity index (χ1) is 7.64. The van der Waals surface area contributed by atoms with Crippen molar-refractivity contribution in [2.45, 2.75) is 12.6 Å². The van der Waals surface area contributed by atoms with Crippen LogP contribution in [0.2, 0.25) is 0 Å². The molecule has 4 nitrogen and oxygen atoms in total. The minimum Gasteiger partial charge on any atom is -0.358 e. The molecular formula is C7H2F6N2O2. The number of halogens is 6. The van der Waals surface area contributed by atoms with Crippen LogP contribution in [0.5, 0.6) is 0 Å². The Morgan fingerprint density at radius 1 is 1.35 bits per heavy atom. The fourth-order valence-electron chi connectivity index (χ4n) is 1.01. The van der Waals surface area contributed by atoms with Crippen molar-refractivity contribution in [3.8, 4) is 0 Å². The van der Waals surface area contributed by atoms with E-state index in [1.54, 1.807) is 0 Å². The highest BCUT2D eigenvalue weighted by Crippen LogP contribution is 2.36. The van der Waals surface area contributed by atoms with Crippen LogP contribution in [0, 0.1) is 15.9 Å². The molecule has 0 bridgehead atoms. The summed E-state index contributed by atoms with van der Waals surface area (Å²) in [6.07, 6.45) is -8.97. The second kappa shape index (κ2) is 4.18. The van der Waals surface area contributed by atoms with E-state index in [-0.39, 0.29) is 6.07 Å². The highest BCUT2D eigenvalue weighted by Gasteiger charge is 2.44. The summed E-state index contributed by atoms with van der Waals surface area (Å²) in [4.78, 5) is 10.9. The fraction of sp³-hybridized carbons (Fsp3) is 0.286. The highest BCUT2D eigenvalue weighted by molar-refractivity contribution is 5.33. The lowest BCUT2D eigenvalue weighted by Gasteiger charge is -2.07. The molecule has 0 fully saturated rings. The number of alkyl halides is 5. The molecule has 0 aliphatic rings. The summed E-state index contributed by atoms with van der Waals surface area (Å²) in [7, 11) is 0. The van der Waals surface area contributed by atoms with Crippen LogP contribution in [-0.2, 0) is 6.18 Å². The third-order valence-electron chi connectivity index (χ3n) is 1.66.